The first kappa shape index (κ1) is 20.5. The van der Waals surface area contributed by atoms with E-state index in [2.05, 4.69) is 38.7 Å². The summed E-state index contributed by atoms with van der Waals surface area (Å²) in [5, 5.41) is 5.64. The number of nitrogens with one attached hydrogen (secondary N) is 2. The van der Waals surface area contributed by atoms with Gasteiger partial charge in [-0.05, 0) is 41.7 Å². The predicted molar refractivity (Wildman–Crippen MR) is 108 cm³/mol. The van der Waals surface area contributed by atoms with Gasteiger partial charge in [-0.15, -0.1) is 0 Å². The molecule has 0 radical (unpaired) electrons. The van der Waals surface area contributed by atoms with Crippen molar-refractivity contribution >= 4 is 31.8 Å². The summed E-state index contributed by atoms with van der Waals surface area (Å²) in [5.41, 5.74) is 2.90. The lowest BCUT2D eigenvalue weighted by Gasteiger charge is -2.08. The van der Waals surface area contributed by atoms with Gasteiger partial charge in [0.25, 0.3) is 0 Å². The lowest BCUT2D eigenvalue weighted by atomic mass is 10.1. The Kier molecular flexibility index (Phi) is 7.66. The van der Waals surface area contributed by atoms with Gasteiger partial charge in [-0.1, -0.05) is 52.3 Å². The number of carbonyl (C=O) groups excluding carboxylic acids is 1. The Morgan fingerprint density at radius 2 is 1.69 bits per heavy atom. The summed E-state index contributed by atoms with van der Waals surface area (Å²) in [6.45, 7) is 1.00. The molecule has 0 fully saturated rings. The summed E-state index contributed by atoms with van der Waals surface area (Å²) >= 11 is 3.45. The van der Waals surface area contributed by atoms with Crippen LogP contribution in [0.5, 0.6) is 0 Å². The van der Waals surface area contributed by atoms with Crippen LogP contribution in [0.3, 0.4) is 0 Å². The Balaban J connectivity index is 1.67. The largest absolute Gasteiger partial charge is 0.338 e. The molecule has 2 aromatic rings. The highest BCUT2D eigenvalue weighted by atomic mass is 79.9. The second kappa shape index (κ2) is 9.73. The number of hydrogen-bond donors (Lipinski definition) is 2. The van der Waals surface area contributed by atoms with Crippen LogP contribution in [0.2, 0.25) is 0 Å². The zero-order valence-electron chi connectivity index (χ0n) is 14.7. The lowest BCUT2D eigenvalue weighted by Crippen LogP contribution is -2.35. The van der Waals surface area contributed by atoms with Gasteiger partial charge < -0.3 is 10.6 Å². The topological polar surface area (TPSA) is 75.3 Å². The van der Waals surface area contributed by atoms with Crippen molar-refractivity contribution in [1.82, 2.24) is 10.6 Å². The predicted octanol–water partition coefficient (Wildman–Crippen LogP) is 3.43. The highest BCUT2D eigenvalue weighted by Gasteiger charge is 2.05. The van der Waals surface area contributed by atoms with Crippen LogP contribution in [0.15, 0.2) is 53.0 Å². The summed E-state index contributed by atoms with van der Waals surface area (Å²) in [4.78, 5) is 11.8. The van der Waals surface area contributed by atoms with Crippen LogP contribution < -0.4 is 10.6 Å². The first-order valence-corrected chi connectivity index (χ1v) is 11.2. The first-order chi connectivity index (χ1) is 12.3. The van der Waals surface area contributed by atoms with Crippen molar-refractivity contribution in [2.75, 3.05) is 12.8 Å². The Bertz CT molecular complexity index is 836. The molecule has 0 aliphatic heterocycles. The number of benzene rings is 2. The van der Waals surface area contributed by atoms with Gasteiger partial charge in [0.15, 0.2) is 9.84 Å². The van der Waals surface area contributed by atoms with Crippen molar-refractivity contribution in [3.63, 3.8) is 0 Å². The average molecular weight is 439 g/mol. The van der Waals surface area contributed by atoms with Gasteiger partial charge in [-0.3, -0.25) is 0 Å². The Hall–Kier alpha value is -1.86. The highest BCUT2D eigenvalue weighted by Crippen LogP contribution is 2.12. The van der Waals surface area contributed by atoms with Gasteiger partial charge in [0.2, 0.25) is 0 Å². The van der Waals surface area contributed by atoms with Gasteiger partial charge >= 0.3 is 6.03 Å². The van der Waals surface area contributed by atoms with Crippen molar-refractivity contribution in [3.05, 3.63) is 69.7 Å². The maximum Gasteiger partial charge on any atom is 0.315 e. The average Bonchev–Trinajstić information content (AvgIpc) is 2.57. The minimum atomic E-state index is -3.03. The summed E-state index contributed by atoms with van der Waals surface area (Å²) in [6, 6.07) is 15.1. The molecule has 0 atom stereocenters. The van der Waals surface area contributed by atoms with E-state index in [0.29, 0.717) is 13.1 Å². The van der Waals surface area contributed by atoms with Crippen LogP contribution in [0.4, 0.5) is 4.79 Å². The fraction of sp³-hybridized carbons (Fsp3) is 0.316. The maximum absolute atomic E-state index is 11.8. The van der Waals surface area contributed by atoms with E-state index >= 15 is 0 Å². The van der Waals surface area contributed by atoms with E-state index in [1.165, 1.54) is 11.8 Å². The van der Waals surface area contributed by atoms with Crippen molar-refractivity contribution in [1.29, 1.82) is 0 Å². The van der Waals surface area contributed by atoms with Crippen LogP contribution in [0.25, 0.3) is 0 Å². The molecule has 140 valence electrons. The second-order valence-electron chi connectivity index (χ2n) is 6.23. The van der Waals surface area contributed by atoms with Crippen molar-refractivity contribution in [2.45, 2.75) is 25.1 Å². The van der Waals surface area contributed by atoms with Crippen LogP contribution >= 0.6 is 15.9 Å². The molecular formula is C19H23BrN2O3S. The molecule has 7 heteroatoms. The van der Waals surface area contributed by atoms with E-state index in [9.17, 15) is 13.2 Å². The normalized spacial score (nSPS) is 11.2. The van der Waals surface area contributed by atoms with Gasteiger partial charge in [0.1, 0.15) is 0 Å². The third-order valence-electron chi connectivity index (χ3n) is 3.72. The van der Waals surface area contributed by atoms with Gasteiger partial charge in [-0.2, -0.15) is 0 Å². The Morgan fingerprint density at radius 1 is 1.00 bits per heavy atom. The van der Waals surface area contributed by atoms with E-state index in [4.69, 9.17) is 0 Å². The number of hydrogen-bond acceptors (Lipinski definition) is 3. The number of halogens is 1. The van der Waals surface area contributed by atoms with Gasteiger partial charge in [0, 0.05) is 23.8 Å². The van der Waals surface area contributed by atoms with Crippen molar-refractivity contribution in [2.24, 2.45) is 0 Å². The Labute approximate surface area is 163 Å². The standard InChI is InChI=1S/C19H23BrN2O3S/c1-26(24,25)14-17-9-7-16(8-10-17)13-22-19(23)21-11-3-5-15-4-2-6-18(20)12-15/h2,4,6-10,12H,3,5,11,13-14H2,1H3,(H2,21,22,23). The number of urea groups is 1. The molecule has 2 rings (SSSR count). The monoisotopic (exact) mass is 438 g/mol. The van der Waals surface area contributed by atoms with Crippen LogP contribution in [0, 0.1) is 0 Å². The molecule has 0 saturated carbocycles. The van der Waals surface area contributed by atoms with Crippen LogP contribution in [0.1, 0.15) is 23.1 Å². The third-order valence-corrected chi connectivity index (χ3v) is 5.07. The fourth-order valence-corrected chi connectivity index (χ4v) is 3.73. The molecule has 2 amide bonds. The minimum Gasteiger partial charge on any atom is -0.338 e. The van der Waals surface area contributed by atoms with Gasteiger partial charge in [0.05, 0.1) is 5.75 Å². The quantitative estimate of drug-likeness (QED) is 0.619. The van der Waals surface area contributed by atoms with E-state index in [1.807, 2.05) is 24.3 Å². The molecule has 0 heterocycles. The maximum atomic E-state index is 11.8. The molecule has 0 saturated heterocycles. The summed E-state index contributed by atoms with van der Waals surface area (Å²) < 4.78 is 23.6. The highest BCUT2D eigenvalue weighted by molar-refractivity contribution is 9.10. The molecule has 0 unspecified atom stereocenters. The lowest BCUT2D eigenvalue weighted by molar-refractivity contribution is 0.240. The van der Waals surface area contributed by atoms with E-state index in [1.54, 1.807) is 12.1 Å². The smallest absolute Gasteiger partial charge is 0.315 e. The van der Waals surface area contributed by atoms with Crippen molar-refractivity contribution < 1.29 is 13.2 Å². The van der Waals surface area contributed by atoms with E-state index in [0.717, 1.165) is 28.4 Å². The first-order valence-electron chi connectivity index (χ1n) is 8.33. The SMILES string of the molecule is CS(=O)(=O)Cc1ccc(CNC(=O)NCCCc2cccc(Br)c2)cc1. The molecule has 0 aliphatic carbocycles. The Morgan fingerprint density at radius 3 is 2.35 bits per heavy atom. The number of carbonyl (C=O) groups is 1. The summed E-state index contributed by atoms with van der Waals surface area (Å²) in [5.74, 6) is 0.0270. The number of aryl methyl sites for hydroxylation is 1. The number of rotatable bonds is 8. The van der Waals surface area contributed by atoms with Crippen LogP contribution in [-0.4, -0.2) is 27.2 Å². The summed E-state index contributed by atoms with van der Waals surface area (Å²) in [7, 11) is -3.03. The minimum absolute atomic E-state index is 0.0270. The number of sulfone groups is 1. The second-order valence-corrected chi connectivity index (χ2v) is 9.29. The number of amides is 2. The molecule has 2 aromatic carbocycles. The fourth-order valence-electron chi connectivity index (χ4n) is 2.49. The molecule has 0 spiro atoms. The molecule has 26 heavy (non-hydrogen) atoms. The van der Waals surface area contributed by atoms with Crippen molar-refractivity contribution in [3.8, 4) is 0 Å². The van der Waals surface area contributed by atoms with E-state index in [-0.39, 0.29) is 11.8 Å². The molecular weight excluding hydrogens is 416 g/mol. The zero-order chi connectivity index (χ0) is 19.0. The van der Waals surface area contributed by atoms with Gasteiger partial charge in [-0.25, -0.2) is 13.2 Å². The third kappa shape index (κ3) is 8.01. The van der Waals surface area contributed by atoms with E-state index < -0.39 is 9.84 Å². The van der Waals surface area contributed by atoms with Crippen LogP contribution in [-0.2, 0) is 28.6 Å². The zero-order valence-corrected chi connectivity index (χ0v) is 17.1. The molecule has 5 nitrogen and oxygen atoms in total. The molecule has 0 bridgehead atoms. The molecule has 0 aromatic heterocycles. The molecule has 2 N–H and O–H groups in total. The summed E-state index contributed by atoms with van der Waals surface area (Å²) in [6.07, 6.45) is 2.98. The molecule has 0 aliphatic rings.